The van der Waals surface area contributed by atoms with E-state index in [0.717, 1.165) is 5.56 Å². The van der Waals surface area contributed by atoms with E-state index in [-0.39, 0.29) is 11.3 Å². The zero-order valence-corrected chi connectivity index (χ0v) is 17.7. The zero-order chi connectivity index (χ0) is 21.1. The molecule has 0 N–H and O–H groups in total. The Morgan fingerprint density at radius 2 is 1.97 bits per heavy atom. The van der Waals surface area contributed by atoms with E-state index in [1.807, 2.05) is 31.2 Å². The second kappa shape index (κ2) is 8.81. The first kappa shape index (κ1) is 20.3. The first-order chi connectivity index (χ1) is 14.5. The quantitative estimate of drug-likeness (QED) is 0.246. The maximum atomic E-state index is 13.2. The summed E-state index contributed by atoms with van der Waals surface area (Å²) in [6, 6.07) is 17.8. The highest BCUT2D eigenvalue weighted by atomic mass is 35.5. The first-order valence-corrected chi connectivity index (χ1v) is 10.6. The van der Waals surface area contributed by atoms with Crippen LogP contribution in [-0.4, -0.2) is 25.6 Å². The average molecular weight is 436 g/mol. The Labute approximate surface area is 182 Å². The normalized spacial score (nSPS) is 12.1. The summed E-state index contributed by atoms with van der Waals surface area (Å²) in [5.41, 5.74) is 1.88. The maximum absolute atomic E-state index is 13.2. The number of halogens is 1. The molecule has 0 saturated heterocycles. The van der Waals surface area contributed by atoms with E-state index in [1.165, 1.54) is 11.8 Å². The molecule has 0 spiro atoms. The number of hydrogen-bond acceptors (Lipinski definition) is 5. The summed E-state index contributed by atoms with van der Waals surface area (Å²) in [7, 11) is 0. The highest BCUT2D eigenvalue weighted by Crippen LogP contribution is 2.26. The number of aromatic nitrogens is 3. The van der Waals surface area contributed by atoms with E-state index < -0.39 is 5.25 Å². The van der Waals surface area contributed by atoms with Crippen LogP contribution in [-0.2, 0) is 6.54 Å². The lowest BCUT2D eigenvalue weighted by molar-refractivity contribution is 0.0994. The van der Waals surface area contributed by atoms with Crippen molar-refractivity contribution in [1.29, 1.82) is 0 Å². The van der Waals surface area contributed by atoms with Crippen molar-refractivity contribution in [3.63, 3.8) is 0 Å². The minimum absolute atomic E-state index is 0.0714. The summed E-state index contributed by atoms with van der Waals surface area (Å²) >= 11 is 7.30. The molecule has 0 radical (unpaired) electrons. The minimum atomic E-state index is -0.448. The molecule has 0 aliphatic heterocycles. The third-order valence-electron chi connectivity index (χ3n) is 4.65. The van der Waals surface area contributed by atoms with Crippen LogP contribution < -0.4 is 5.56 Å². The Kier molecular flexibility index (Phi) is 5.97. The third-order valence-corrected chi connectivity index (χ3v) is 5.98. The maximum Gasteiger partial charge on any atom is 0.262 e. The van der Waals surface area contributed by atoms with E-state index in [9.17, 15) is 9.59 Å². The standard InChI is InChI=1S/C23H18ClN3O2S/c1-15(21(28)17-7-4-8-18(24)12-17)30-23-26-20-10-3-2-9-19(20)22(29)27(23)14-16-6-5-11-25-13-16/h2-13,15H,14H2,1H3. The van der Waals surface area contributed by atoms with Gasteiger partial charge >= 0.3 is 0 Å². The molecule has 1 atom stereocenters. The van der Waals surface area contributed by atoms with Gasteiger partial charge in [-0.2, -0.15) is 0 Å². The molecular weight excluding hydrogens is 418 g/mol. The molecular formula is C23H18ClN3O2S. The molecule has 150 valence electrons. The van der Waals surface area contributed by atoms with Crippen molar-refractivity contribution in [2.45, 2.75) is 23.9 Å². The predicted molar refractivity (Wildman–Crippen MR) is 120 cm³/mol. The van der Waals surface area contributed by atoms with Gasteiger partial charge in [0, 0.05) is 23.0 Å². The molecule has 2 aromatic carbocycles. The van der Waals surface area contributed by atoms with E-state index in [0.29, 0.717) is 33.2 Å². The Morgan fingerprint density at radius 1 is 1.13 bits per heavy atom. The number of para-hydroxylation sites is 1. The summed E-state index contributed by atoms with van der Waals surface area (Å²) in [5, 5.41) is 1.09. The van der Waals surface area contributed by atoms with Gasteiger partial charge in [0.1, 0.15) is 0 Å². The molecule has 4 aromatic rings. The second-order valence-corrected chi connectivity index (χ2v) is 8.54. The van der Waals surface area contributed by atoms with Gasteiger partial charge in [0.25, 0.3) is 5.56 Å². The highest BCUT2D eigenvalue weighted by Gasteiger charge is 2.21. The number of Topliss-reactive ketones (excluding diaryl/α,β-unsaturated/α-hetero) is 1. The number of fused-ring (bicyclic) bond motifs is 1. The first-order valence-electron chi connectivity index (χ1n) is 9.38. The number of nitrogens with zero attached hydrogens (tertiary/aromatic N) is 3. The number of thioether (sulfide) groups is 1. The van der Waals surface area contributed by atoms with Crippen molar-refractivity contribution < 1.29 is 4.79 Å². The van der Waals surface area contributed by atoms with Gasteiger partial charge in [-0.05, 0) is 42.8 Å². The van der Waals surface area contributed by atoms with Crippen LogP contribution in [0.5, 0.6) is 0 Å². The molecule has 1 unspecified atom stereocenters. The lowest BCUT2D eigenvalue weighted by Crippen LogP contribution is -2.25. The number of rotatable bonds is 6. The largest absolute Gasteiger partial charge is 0.293 e. The van der Waals surface area contributed by atoms with E-state index in [1.54, 1.807) is 53.4 Å². The van der Waals surface area contributed by atoms with Gasteiger partial charge in [0.15, 0.2) is 10.9 Å². The SMILES string of the molecule is CC(Sc1nc2ccccc2c(=O)n1Cc1cccnc1)C(=O)c1cccc(Cl)c1. The number of carbonyl (C=O) groups is 1. The number of pyridine rings is 1. The van der Waals surface area contributed by atoms with Crippen LogP contribution in [0.4, 0.5) is 0 Å². The minimum Gasteiger partial charge on any atom is -0.293 e. The Bertz CT molecular complexity index is 1270. The highest BCUT2D eigenvalue weighted by molar-refractivity contribution is 8.00. The zero-order valence-electron chi connectivity index (χ0n) is 16.2. The monoisotopic (exact) mass is 435 g/mol. The molecule has 2 heterocycles. The predicted octanol–water partition coefficient (Wildman–Crippen LogP) is 4.86. The molecule has 0 saturated carbocycles. The van der Waals surface area contributed by atoms with Gasteiger partial charge in [-0.3, -0.25) is 19.1 Å². The average Bonchev–Trinajstić information content (AvgIpc) is 2.76. The fraction of sp³-hybridized carbons (Fsp3) is 0.130. The summed E-state index contributed by atoms with van der Waals surface area (Å²) in [6.07, 6.45) is 3.41. The fourth-order valence-electron chi connectivity index (χ4n) is 3.14. The molecule has 7 heteroatoms. The van der Waals surface area contributed by atoms with Gasteiger partial charge < -0.3 is 0 Å². The number of carbonyl (C=O) groups excluding carboxylic acids is 1. The molecule has 5 nitrogen and oxygen atoms in total. The summed E-state index contributed by atoms with van der Waals surface area (Å²) in [6.45, 7) is 2.13. The van der Waals surface area contributed by atoms with E-state index >= 15 is 0 Å². The Hall–Kier alpha value is -2.96. The van der Waals surface area contributed by atoms with Crippen LogP contribution in [0.3, 0.4) is 0 Å². The lowest BCUT2D eigenvalue weighted by Gasteiger charge is -2.16. The van der Waals surface area contributed by atoms with Gasteiger partial charge in [0.05, 0.1) is 22.7 Å². The summed E-state index contributed by atoms with van der Waals surface area (Å²) in [5.74, 6) is -0.0714. The molecule has 0 amide bonds. The molecule has 0 aliphatic rings. The van der Waals surface area contributed by atoms with Gasteiger partial charge in [-0.25, -0.2) is 4.98 Å². The Morgan fingerprint density at radius 3 is 2.73 bits per heavy atom. The van der Waals surface area contributed by atoms with Crippen molar-refractivity contribution in [2.75, 3.05) is 0 Å². The van der Waals surface area contributed by atoms with E-state index in [4.69, 9.17) is 16.6 Å². The van der Waals surface area contributed by atoms with Gasteiger partial charge in [0.2, 0.25) is 0 Å². The lowest BCUT2D eigenvalue weighted by atomic mass is 10.1. The van der Waals surface area contributed by atoms with Crippen LogP contribution in [0.1, 0.15) is 22.8 Å². The van der Waals surface area contributed by atoms with Crippen molar-refractivity contribution in [3.8, 4) is 0 Å². The molecule has 30 heavy (non-hydrogen) atoms. The van der Waals surface area contributed by atoms with Crippen molar-refractivity contribution >= 4 is 40.0 Å². The van der Waals surface area contributed by atoms with E-state index in [2.05, 4.69) is 4.98 Å². The van der Waals surface area contributed by atoms with Crippen molar-refractivity contribution in [1.82, 2.24) is 14.5 Å². The molecule has 2 aromatic heterocycles. The van der Waals surface area contributed by atoms with Crippen LogP contribution in [0.15, 0.2) is 83.0 Å². The summed E-state index contributed by atoms with van der Waals surface area (Å²) < 4.78 is 1.60. The topological polar surface area (TPSA) is 64.8 Å². The number of ketones is 1. The van der Waals surface area contributed by atoms with Crippen LogP contribution in [0.2, 0.25) is 5.02 Å². The number of hydrogen-bond donors (Lipinski definition) is 0. The smallest absolute Gasteiger partial charge is 0.262 e. The third kappa shape index (κ3) is 4.30. The molecule has 0 bridgehead atoms. The molecule has 0 aliphatic carbocycles. The molecule has 4 rings (SSSR count). The van der Waals surface area contributed by atoms with Crippen molar-refractivity contribution in [2.24, 2.45) is 0 Å². The van der Waals surface area contributed by atoms with Gasteiger partial charge in [-0.1, -0.05) is 53.7 Å². The van der Waals surface area contributed by atoms with Crippen molar-refractivity contribution in [3.05, 3.63) is 99.6 Å². The summed E-state index contributed by atoms with van der Waals surface area (Å²) in [4.78, 5) is 34.9. The second-order valence-electron chi connectivity index (χ2n) is 6.80. The Balaban J connectivity index is 1.74. The van der Waals surface area contributed by atoms with Crippen LogP contribution in [0.25, 0.3) is 10.9 Å². The van der Waals surface area contributed by atoms with Gasteiger partial charge in [-0.15, -0.1) is 0 Å². The van der Waals surface area contributed by atoms with Crippen LogP contribution in [0, 0.1) is 0 Å². The number of benzene rings is 2. The van der Waals surface area contributed by atoms with Crippen LogP contribution >= 0.6 is 23.4 Å². The molecule has 0 fully saturated rings. The fourth-order valence-corrected chi connectivity index (χ4v) is 4.31.